The number of phenols is 1. The molecule has 5 heteroatoms. The molecule has 0 spiro atoms. The molecule has 1 unspecified atom stereocenters. The number of fused-ring (bicyclic) bond motifs is 1. The van der Waals surface area contributed by atoms with Crippen molar-refractivity contribution in [3.63, 3.8) is 0 Å². The van der Waals surface area contributed by atoms with Crippen LogP contribution in [0.1, 0.15) is 127 Å². The van der Waals surface area contributed by atoms with Crippen molar-refractivity contribution < 1.29 is 26.2 Å². The molecular formula is C64H64N3OPt-. The van der Waals surface area contributed by atoms with Gasteiger partial charge in [-0.25, -0.2) is 4.98 Å². The van der Waals surface area contributed by atoms with Crippen LogP contribution in [0.3, 0.4) is 0 Å². The van der Waals surface area contributed by atoms with Gasteiger partial charge in [-0.05, 0) is 103 Å². The number of hydrogen-bond acceptors (Lipinski definition) is 3. The van der Waals surface area contributed by atoms with Crippen LogP contribution in [0.5, 0.6) is 5.75 Å². The van der Waals surface area contributed by atoms with Gasteiger partial charge in [0.25, 0.3) is 0 Å². The molecular weight excluding hydrogens is 1020 g/mol. The minimum Gasteiger partial charge on any atom is -0.507 e. The normalized spacial score (nSPS) is 12.4. The van der Waals surface area contributed by atoms with Gasteiger partial charge in [0.15, 0.2) is 0 Å². The Balaban J connectivity index is 0.00000642. The van der Waals surface area contributed by atoms with E-state index in [0.717, 1.165) is 55.8 Å². The zero-order chi connectivity index (χ0) is 48.1. The smallest absolute Gasteiger partial charge is 0.148 e. The minimum absolute atomic E-state index is 0. The van der Waals surface area contributed by atoms with E-state index >= 15 is 0 Å². The molecule has 0 bridgehead atoms. The molecule has 9 rings (SSSR count). The van der Waals surface area contributed by atoms with Crippen LogP contribution < -0.4 is 0 Å². The second kappa shape index (κ2) is 19.6. The van der Waals surface area contributed by atoms with Crippen molar-refractivity contribution >= 4 is 11.0 Å². The van der Waals surface area contributed by atoms with Crippen LogP contribution in [0.4, 0.5) is 0 Å². The Morgan fingerprint density at radius 3 is 1.74 bits per heavy atom. The quantitative estimate of drug-likeness (QED) is 0.139. The molecule has 0 radical (unpaired) electrons. The van der Waals surface area contributed by atoms with Crippen LogP contribution in [-0.4, -0.2) is 19.6 Å². The van der Waals surface area contributed by atoms with Gasteiger partial charge in [-0.3, -0.25) is 9.55 Å². The van der Waals surface area contributed by atoms with E-state index in [9.17, 15) is 5.11 Å². The fraction of sp³-hybridized carbons (Fsp3) is 0.250. The average molecular weight is 1090 g/mol. The molecule has 0 aliphatic heterocycles. The predicted molar refractivity (Wildman–Crippen MR) is 286 cm³/mol. The molecule has 0 fully saturated rings. The van der Waals surface area contributed by atoms with Gasteiger partial charge in [0.2, 0.25) is 0 Å². The number of rotatable bonds is 10. The zero-order valence-electron chi connectivity index (χ0n) is 41.9. The molecule has 9 aromatic rings. The molecule has 352 valence electrons. The summed E-state index contributed by atoms with van der Waals surface area (Å²) in [5.74, 6) is 1.64. The number of pyridine rings is 1. The van der Waals surface area contributed by atoms with Crippen molar-refractivity contribution in [1.29, 1.82) is 0 Å². The molecule has 69 heavy (non-hydrogen) atoms. The SMILES string of the molecule is CC(C)c1cc(-c2ccccc2)cc(C(C)C)c1-n1c(-c2cccc(C(C)(C)C)c2O)nc2c(-c3[c-]c(-c4cc(-c5ccc(C(C)c6ccccc6)cc5)ccn4)cc(C(C)(C)C)c3)cccc21.[Pt]. The summed E-state index contributed by atoms with van der Waals surface area (Å²) in [7, 11) is 0. The second-order valence-electron chi connectivity index (χ2n) is 21.2. The number of imidazole rings is 1. The van der Waals surface area contributed by atoms with Gasteiger partial charge >= 0.3 is 0 Å². The van der Waals surface area contributed by atoms with E-state index in [4.69, 9.17) is 9.97 Å². The molecule has 1 N–H and O–H groups in total. The molecule has 0 amide bonds. The summed E-state index contributed by atoms with van der Waals surface area (Å²) < 4.78 is 2.34. The van der Waals surface area contributed by atoms with Crippen molar-refractivity contribution in [1.82, 2.24) is 14.5 Å². The van der Waals surface area contributed by atoms with E-state index in [1.54, 1.807) is 0 Å². The first-order chi connectivity index (χ1) is 32.5. The number of aromatic hydroxyl groups is 1. The van der Waals surface area contributed by atoms with Crippen LogP contribution >= 0.6 is 0 Å². The Morgan fingerprint density at radius 2 is 1.12 bits per heavy atom. The maximum atomic E-state index is 12.3. The van der Waals surface area contributed by atoms with Gasteiger partial charge in [-0.15, -0.1) is 29.3 Å². The molecule has 0 aliphatic rings. The number of para-hydroxylation sites is 2. The van der Waals surface area contributed by atoms with Crippen molar-refractivity contribution in [3.05, 3.63) is 203 Å². The Morgan fingerprint density at radius 1 is 0.536 bits per heavy atom. The number of aromatic nitrogens is 3. The van der Waals surface area contributed by atoms with E-state index in [1.165, 1.54) is 38.9 Å². The van der Waals surface area contributed by atoms with Crippen LogP contribution in [-0.2, 0) is 31.9 Å². The predicted octanol–water partition coefficient (Wildman–Crippen LogP) is 17.3. The van der Waals surface area contributed by atoms with Crippen LogP contribution in [0.2, 0.25) is 0 Å². The molecule has 0 saturated heterocycles. The summed E-state index contributed by atoms with van der Waals surface area (Å²) in [6.45, 7) is 24.6. The molecule has 4 nitrogen and oxygen atoms in total. The van der Waals surface area contributed by atoms with Gasteiger partial charge in [-0.1, -0.05) is 203 Å². The number of hydrogen-bond donors (Lipinski definition) is 1. The maximum absolute atomic E-state index is 12.3. The third kappa shape index (κ3) is 9.79. The Bertz CT molecular complexity index is 3230. The Kier molecular flexibility index (Phi) is 13.9. The maximum Gasteiger partial charge on any atom is 0.148 e. The number of benzene rings is 7. The summed E-state index contributed by atoms with van der Waals surface area (Å²) in [5, 5.41) is 12.3. The number of nitrogens with zero attached hydrogens (tertiary/aromatic N) is 3. The summed E-state index contributed by atoms with van der Waals surface area (Å²) >= 11 is 0. The first-order valence-corrected chi connectivity index (χ1v) is 24.3. The van der Waals surface area contributed by atoms with Crippen molar-refractivity contribution in [3.8, 4) is 67.5 Å². The first kappa shape index (κ1) is 49.1. The largest absolute Gasteiger partial charge is 0.507 e. The first-order valence-electron chi connectivity index (χ1n) is 24.3. The summed E-state index contributed by atoms with van der Waals surface area (Å²) in [5.41, 5.74) is 18.6. The molecule has 7 aromatic carbocycles. The zero-order valence-corrected chi connectivity index (χ0v) is 44.2. The molecule has 1 atom stereocenters. The van der Waals surface area contributed by atoms with Gasteiger partial charge in [0.05, 0.1) is 22.3 Å². The number of phenolic OH excluding ortho intramolecular Hbond substituents is 1. The van der Waals surface area contributed by atoms with Crippen LogP contribution in [0, 0.1) is 6.07 Å². The standard InChI is InChI=1S/C64H64N3O.Pt/c1-40(2)54-37-48(45-22-16-13-17-23-45)38-55(41(3)4)60(54)67-58-27-19-24-52(59(58)66-62(67)53-25-18-26-56(61(53)68)64(9,10)11)49-34-50(36-51(35-49)63(6,7)8)57-39-47(32-33-65-57)46-30-28-44(29-31-46)42(5)43-20-14-12-15-21-43;/h12-33,35-42,68H,1-11H3;/q-1;. The van der Waals surface area contributed by atoms with Crippen LogP contribution in [0.25, 0.3) is 72.7 Å². The fourth-order valence-electron chi connectivity index (χ4n) is 9.61. The van der Waals surface area contributed by atoms with E-state index in [1.807, 2.05) is 18.3 Å². The topological polar surface area (TPSA) is 50.9 Å². The Hall–Kier alpha value is -6.35. The Labute approximate surface area is 424 Å². The van der Waals surface area contributed by atoms with Gasteiger partial charge in [0.1, 0.15) is 11.6 Å². The fourth-order valence-corrected chi connectivity index (χ4v) is 9.61. The minimum atomic E-state index is -0.292. The summed E-state index contributed by atoms with van der Waals surface area (Å²) in [6.07, 6.45) is 1.91. The van der Waals surface area contributed by atoms with E-state index in [-0.39, 0.29) is 49.5 Å². The van der Waals surface area contributed by atoms with E-state index in [0.29, 0.717) is 17.3 Å². The van der Waals surface area contributed by atoms with Gasteiger partial charge < -0.3 is 5.11 Å². The average Bonchev–Trinajstić information content (AvgIpc) is 3.72. The molecule has 2 heterocycles. The third-order valence-corrected chi connectivity index (χ3v) is 13.6. The van der Waals surface area contributed by atoms with Gasteiger partial charge in [-0.2, -0.15) is 0 Å². The molecule has 0 saturated carbocycles. The molecule has 0 aliphatic carbocycles. The van der Waals surface area contributed by atoms with Gasteiger partial charge in [0, 0.05) is 38.9 Å². The summed E-state index contributed by atoms with van der Waals surface area (Å²) in [6, 6.07) is 60.3. The van der Waals surface area contributed by atoms with E-state index in [2.05, 4.69) is 232 Å². The molecule has 2 aromatic heterocycles. The van der Waals surface area contributed by atoms with Crippen molar-refractivity contribution in [2.75, 3.05) is 0 Å². The second-order valence-corrected chi connectivity index (χ2v) is 21.2. The van der Waals surface area contributed by atoms with Crippen LogP contribution in [0.15, 0.2) is 164 Å². The van der Waals surface area contributed by atoms with E-state index < -0.39 is 0 Å². The van der Waals surface area contributed by atoms with Crippen molar-refractivity contribution in [2.24, 2.45) is 0 Å². The third-order valence-electron chi connectivity index (χ3n) is 13.6. The van der Waals surface area contributed by atoms with Crippen molar-refractivity contribution in [2.45, 2.75) is 105 Å². The monoisotopic (exact) mass is 1090 g/mol. The summed E-state index contributed by atoms with van der Waals surface area (Å²) in [4.78, 5) is 10.6.